The Hall–Kier alpha value is -1.54. The maximum absolute atomic E-state index is 12.5. The van der Waals surface area contributed by atoms with Gasteiger partial charge in [-0.15, -0.1) is 11.6 Å². The summed E-state index contributed by atoms with van der Waals surface area (Å²) in [5, 5.41) is 8.60. The summed E-state index contributed by atoms with van der Waals surface area (Å²) in [5.74, 6) is -0.0426. The van der Waals surface area contributed by atoms with Gasteiger partial charge in [-0.05, 0) is 6.07 Å². The molecular formula is C9H5ClF2N2O. The van der Waals surface area contributed by atoms with Crippen molar-refractivity contribution < 1.29 is 13.6 Å². The first-order chi connectivity index (χ1) is 7.13. The van der Waals surface area contributed by atoms with E-state index in [4.69, 9.17) is 16.9 Å². The molecule has 0 aliphatic carbocycles. The van der Waals surface area contributed by atoms with Crippen LogP contribution in [0.15, 0.2) is 6.07 Å². The van der Waals surface area contributed by atoms with Crippen LogP contribution < -0.4 is 0 Å². The number of carbonyl (C=O) groups is 1. The fourth-order valence-corrected chi connectivity index (χ4v) is 1.25. The lowest BCUT2D eigenvalue weighted by Crippen LogP contribution is -2.03. The number of aldehydes is 1. The monoisotopic (exact) mass is 230 g/mol. The molecular weight excluding hydrogens is 226 g/mol. The summed E-state index contributed by atoms with van der Waals surface area (Å²) in [7, 11) is 0. The molecule has 1 aromatic rings. The van der Waals surface area contributed by atoms with E-state index in [1.807, 2.05) is 0 Å². The van der Waals surface area contributed by atoms with Gasteiger partial charge in [0, 0.05) is 5.56 Å². The predicted octanol–water partition coefficient (Wildman–Crippen LogP) is 2.44. The highest BCUT2D eigenvalue weighted by atomic mass is 35.5. The number of hydrogen-bond acceptors (Lipinski definition) is 3. The van der Waals surface area contributed by atoms with Crippen molar-refractivity contribution in [1.29, 1.82) is 5.26 Å². The fourth-order valence-electron chi connectivity index (χ4n) is 1.11. The van der Waals surface area contributed by atoms with E-state index < -0.39 is 17.7 Å². The molecule has 0 saturated carbocycles. The van der Waals surface area contributed by atoms with Gasteiger partial charge in [0.1, 0.15) is 11.8 Å². The van der Waals surface area contributed by atoms with Crippen LogP contribution in [0.25, 0.3) is 0 Å². The predicted molar refractivity (Wildman–Crippen MR) is 48.9 cm³/mol. The minimum Gasteiger partial charge on any atom is -0.298 e. The molecule has 3 nitrogen and oxygen atoms in total. The Balaban J connectivity index is 3.48. The number of nitriles is 1. The molecule has 0 spiro atoms. The van der Waals surface area contributed by atoms with E-state index in [1.54, 1.807) is 0 Å². The average molecular weight is 231 g/mol. The van der Waals surface area contributed by atoms with Gasteiger partial charge < -0.3 is 0 Å². The Bertz CT molecular complexity index is 429. The van der Waals surface area contributed by atoms with Crippen LogP contribution in [0.4, 0.5) is 8.78 Å². The van der Waals surface area contributed by atoms with Crippen molar-refractivity contribution >= 4 is 17.9 Å². The highest BCUT2D eigenvalue weighted by molar-refractivity contribution is 6.16. The molecule has 0 aliphatic heterocycles. The van der Waals surface area contributed by atoms with Crippen molar-refractivity contribution in [2.24, 2.45) is 0 Å². The maximum Gasteiger partial charge on any atom is 0.267 e. The Kier molecular flexibility index (Phi) is 3.69. The Morgan fingerprint density at radius 3 is 2.73 bits per heavy atom. The van der Waals surface area contributed by atoms with Crippen LogP contribution >= 0.6 is 11.6 Å². The van der Waals surface area contributed by atoms with E-state index in [0.29, 0.717) is 0 Å². The van der Waals surface area contributed by atoms with Crippen LogP contribution in [0.5, 0.6) is 0 Å². The molecule has 0 fully saturated rings. The van der Waals surface area contributed by atoms with Crippen LogP contribution in [-0.2, 0) is 5.88 Å². The minimum atomic E-state index is -2.91. The number of alkyl halides is 3. The number of hydrogen-bond donors (Lipinski definition) is 0. The van der Waals surface area contributed by atoms with Crippen LogP contribution in [0.2, 0.25) is 0 Å². The van der Waals surface area contributed by atoms with Crippen molar-refractivity contribution in [3.8, 4) is 6.07 Å². The number of halogens is 3. The third-order valence-corrected chi connectivity index (χ3v) is 2.01. The van der Waals surface area contributed by atoms with Crippen molar-refractivity contribution in [1.82, 2.24) is 4.98 Å². The maximum atomic E-state index is 12.5. The summed E-state index contributed by atoms with van der Waals surface area (Å²) in [6, 6.07) is 2.67. The van der Waals surface area contributed by atoms with Gasteiger partial charge in [0.15, 0.2) is 6.29 Å². The van der Waals surface area contributed by atoms with Crippen molar-refractivity contribution in [2.45, 2.75) is 12.3 Å². The third-order valence-electron chi connectivity index (χ3n) is 1.73. The standard InChI is InChI=1S/C9H5ClF2N2O/c10-2-6-1-5(4-15)8(9(11)12)7(3-13)14-6/h1,4,9H,2H2. The molecule has 1 heterocycles. The van der Waals surface area contributed by atoms with Gasteiger partial charge in [-0.3, -0.25) is 4.79 Å². The molecule has 0 saturated heterocycles. The fraction of sp³-hybridized carbons (Fsp3) is 0.222. The first-order valence-electron chi connectivity index (χ1n) is 3.87. The summed E-state index contributed by atoms with van der Waals surface area (Å²) in [4.78, 5) is 14.2. The van der Waals surface area contributed by atoms with E-state index >= 15 is 0 Å². The number of rotatable bonds is 3. The van der Waals surface area contributed by atoms with E-state index in [9.17, 15) is 13.6 Å². The second kappa shape index (κ2) is 4.80. The van der Waals surface area contributed by atoms with Gasteiger partial charge in [0.05, 0.1) is 17.1 Å². The minimum absolute atomic E-state index is 0.0426. The molecule has 15 heavy (non-hydrogen) atoms. The second-order valence-electron chi connectivity index (χ2n) is 2.63. The van der Waals surface area contributed by atoms with E-state index in [0.717, 1.165) is 6.07 Å². The lowest BCUT2D eigenvalue weighted by atomic mass is 10.1. The Labute approximate surface area is 89.3 Å². The zero-order valence-corrected chi connectivity index (χ0v) is 8.13. The molecule has 1 rings (SSSR count). The lowest BCUT2D eigenvalue weighted by Gasteiger charge is -2.06. The molecule has 0 radical (unpaired) electrons. The second-order valence-corrected chi connectivity index (χ2v) is 2.90. The third kappa shape index (κ3) is 2.28. The molecule has 0 bridgehead atoms. The average Bonchev–Trinajstić information content (AvgIpc) is 2.26. The molecule has 0 aromatic carbocycles. The summed E-state index contributed by atoms with van der Waals surface area (Å²) in [5.41, 5.74) is -1.11. The molecule has 0 aliphatic rings. The van der Waals surface area contributed by atoms with Gasteiger partial charge in [-0.2, -0.15) is 5.26 Å². The van der Waals surface area contributed by atoms with Gasteiger partial charge in [0.25, 0.3) is 6.43 Å². The zero-order valence-electron chi connectivity index (χ0n) is 7.38. The van der Waals surface area contributed by atoms with Crippen LogP contribution in [-0.4, -0.2) is 11.3 Å². The topological polar surface area (TPSA) is 53.8 Å². The van der Waals surface area contributed by atoms with Crippen LogP contribution in [0.3, 0.4) is 0 Å². The zero-order chi connectivity index (χ0) is 11.4. The highest BCUT2D eigenvalue weighted by Crippen LogP contribution is 2.25. The normalized spacial score (nSPS) is 10.1. The quantitative estimate of drug-likeness (QED) is 0.592. The summed E-state index contributed by atoms with van der Waals surface area (Å²) in [6.07, 6.45) is -2.64. The van der Waals surface area contributed by atoms with Gasteiger partial charge in [0.2, 0.25) is 0 Å². The van der Waals surface area contributed by atoms with Crippen LogP contribution in [0, 0.1) is 11.3 Å². The SMILES string of the molecule is N#Cc1nc(CCl)cc(C=O)c1C(F)F. The van der Waals surface area contributed by atoms with Crippen molar-refractivity contribution in [3.05, 3.63) is 28.6 Å². The van der Waals surface area contributed by atoms with Gasteiger partial charge in [-0.1, -0.05) is 0 Å². The molecule has 0 unspecified atom stereocenters. The first kappa shape index (κ1) is 11.5. The number of aromatic nitrogens is 1. The molecule has 6 heteroatoms. The molecule has 1 aromatic heterocycles. The van der Waals surface area contributed by atoms with Crippen LogP contribution in [0.1, 0.15) is 33.7 Å². The van der Waals surface area contributed by atoms with Gasteiger partial charge >= 0.3 is 0 Å². The highest BCUT2D eigenvalue weighted by Gasteiger charge is 2.20. The molecule has 78 valence electrons. The molecule has 0 atom stereocenters. The van der Waals surface area contributed by atoms with Crippen molar-refractivity contribution in [2.75, 3.05) is 0 Å². The molecule has 0 amide bonds. The molecule has 0 N–H and O–H groups in total. The summed E-state index contributed by atoms with van der Waals surface area (Å²) in [6.45, 7) is 0. The van der Waals surface area contributed by atoms with Gasteiger partial charge in [-0.25, -0.2) is 13.8 Å². The van der Waals surface area contributed by atoms with E-state index in [-0.39, 0.29) is 23.4 Å². The Morgan fingerprint density at radius 2 is 2.33 bits per heavy atom. The van der Waals surface area contributed by atoms with E-state index in [1.165, 1.54) is 6.07 Å². The summed E-state index contributed by atoms with van der Waals surface area (Å²) >= 11 is 5.44. The number of carbonyl (C=O) groups excluding carboxylic acids is 1. The largest absolute Gasteiger partial charge is 0.298 e. The first-order valence-corrected chi connectivity index (χ1v) is 4.40. The van der Waals surface area contributed by atoms with Crippen molar-refractivity contribution in [3.63, 3.8) is 0 Å². The van der Waals surface area contributed by atoms with E-state index in [2.05, 4.69) is 4.98 Å². The Morgan fingerprint density at radius 1 is 1.67 bits per heavy atom. The summed E-state index contributed by atoms with van der Waals surface area (Å²) < 4.78 is 25.0. The number of pyridine rings is 1. The lowest BCUT2D eigenvalue weighted by molar-refractivity contribution is 0.110. The number of nitrogens with zero attached hydrogens (tertiary/aromatic N) is 2. The smallest absolute Gasteiger partial charge is 0.267 e.